The van der Waals surface area contributed by atoms with Crippen molar-refractivity contribution in [2.75, 3.05) is 19.6 Å². The minimum Gasteiger partial charge on any atom is -0.338 e. The largest absolute Gasteiger partial charge is 0.338 e. The summed E-state index contributed by atoms with van der Waals surface area (Å²) in [6.45, 7) is 5.17. The highest BCUT2D eigenvalue weighted by Crippen LogP contribution is 2.26. The van der Waals surface area contributed by atoms with Gasteiger partial charge in [0, 0.05) is 44.0 Å². The summed E-state index contributed by atoms with van der Waals surface area (Å²) in [5.41, 5.74) is 2.01. The molecule has 0 unspecified atom stereocenters. The zero-order valence-corrected chi connectivity index (χ0v) is 17.5. The maximum absolute atomic E-state index is 14.0. The zero-order valence-electron chi connectivity index (χ0n) is 17.5. The van der Waals surface area contributed by atoms with Gasteiger partial charge in [0.2, 0.25) is 5.91 Å². The molecule has 1 saturated heterocycles. The molecule has 0 bridgehead atoms. The Balaban J connectivity index is 1.48. The monoisotopic (exact) mass is 412 g/mol. The molecule has 1 amide bonds. The van der Waals surface area contributed by atoms with Crippen molar-refractivity contribution < 1.29 is 9.18 Å². The Morgan fingerprint density at radius 1 is 1.30 bits per heavy atom. The van der Waals surface area contributed by atoms with Gasteiger partial charge in [-0.25, -0.2) is 9.37 Å². The summed E-state index contributed by atoms with van der Waals surface area (Å²) >= 11 is 0. The minimum atomic E-state index is -0.179. The molecule has 160 valence electrons. The molecule has 1 aromatic heterocycles. The second-order valence-electron chi connectivity index (χ2n) is 8.36. The number of amides is 1. The summed E-state index contributed by atoms with van der Waals surface area (Å²) in [6, 6.07) is 6.88. The van der Waals surface area contributed by atoms with E-state index in [9.17, 15) is 14.0 Å². The van der Waals surface area contributed by atoms with E-state index in [0.717, 1.165) is 43.9 Å². The quantitative estimate of drug-likeness (QED) is 0.820. The third-order valence-corrected chi connectivity index (χ3v) is 6.15. The molecule has 2 aliphatic rings. The highest BCUT2D eigenvalue weighted by molar-refractivity contribution is 5.76. The molecule has 0 spiro atoms. The lowest BCUT2D eigenvalue weighted by Gasteiger charge is -2.33. The fourth-order valence-electron chi connectivity index (χ4n) is 4.51. The van der Waals surface area contributed by atoms with Crippen molar-refractivity contribution in [2.45, 2.75) is 58.0 Å². The lowest BCUT2D eigenvalue weighted by molar-refractivity contribution is -0.132. The van der Waals surface area contributed by atoms with E-state index in [1.807, 2.05) is 19.1 Å². The van der Waals surface area contributed by atoms with Crippen LogP contribution in [-0.4, -0.2) is 45.3 Å². The molecule has 2 aromatic rings. The second-order valence-corrected chi connectivity index (χ2v) is 8.36. The highest BCUT2D eigenvalue weighted by Gasteiger charge is 2.28. The molecule has 2 aliphatic heterocycles. The predicted octanol–water partition coefficient (Wildman–Crippen LogP) is 2.97. The average molecular weight is 413 g/mol. The molecule has 1 aromatic carbocycles. The van der Waals surface area contributed by atoms with Crippen LogP contribution in [0.4, 0.5) is 4.39 Å². The van der Waals surface area contributed by atoms with E-state index in [-0.39, 0.29) is 23.2 Å². The van der Waals surface area contributed by atoms with Crippen molar-refractivity contribution in [2.24, 2.45) is 0 Å². The van der Waals surface area contributed by atoms with Gasteiger partial charge in [-0.1, -0.05) is 25.1 Å². The smallest absolute Gasteiger partial charge is 0.256 e. The van der Waals surface area contributed by atoms with E-state index in [2.05, 4.69) is 9.88 Å². The predicted molar refractivity (Wildman–Crippen MR) is 113 cm³/mol. The van der Waals surface area contributed by atoms with E-state index in [0.29, 0.717) is 43.6 Å². The van der Waals surface area contributed by atoms with Crippen LogP contribution in [0.1, 0.15) is 61.2 Å². The molecular formula is C23H29FN4O2. The number of halogens is 1. The van der Waals surface area contributed by atoms with Gasteiger partial charge >= 0.3 is 0 Å². The Bertz CT molecular complexity index is 974. The number of H-pyrrole nitrogens is 1. The molecule has 6 nitrogen and oxygen atoms in total. The number of carbonyl (C=O) groups is 1. The van der Waals surface area contributed by atoms with E-state index in [1.165, 1.54) is 6.07 Å². The number of likely N-dealkylation sites (tertiary alicyclic amines) is 1. The van der Waals surface area contributed by atoms with Crippen LogP contribution < -0.4 is 5.56 Å². The number of nitrogens with zero attached hydrogens (tertiary/aromatic N) is 3. The molecule has 4 rings (SSSR count). The summed E-state index contributed by atoms with van der Waals surface area (Å²) < 4.78 is 14.0. The van der Waals surface area contributed by atoms with Crippen LogP contribution in [0, 0.1) is 5.82 Å². The lowest BCUT2D eigenvalue weighted by Crippen LogP contribution is -2.40. The topological polar surface area (TPSA) is 69.3 Å². The first-order valence-electron chi connectivity index (χ1n) is 10.9. The number of piperidine rings is 1. The molecule has 1 atom stereocenters. The Morgan fingerprint density at radius 2 is 2.13 bits per heavy atom. The fourth-order valence-corrected chi connectivity index (χ4v) is 4.51. The third-order valence-electron chi connectivity index (χ3n) is 6.15. The van der Waals surface area contributed by atoms with Crippen LogP contribution in [0.3, 0.4) is 0 Å². The molecule has 1 fully saturated rings. The maximum Gasteiger partial charge on any atom is 0.256 e. The number of hydrogen-bond acceptors (Lipinski definition) is 4. The Hall–Kier alpha value is -2.54. The van der Waals surface area contributed by atoms with Gasteiger partial charge < -0.3 is 9.88 Å². The van der Waals surface area contributed by atoms with Crippen molar-refractivity contribution in [1.29, 1.82) is 0 Å². The molecule has 1 N–H and O–H groups in total. The van der Waals surface area contributed by atoms with Crippen LogP contribution in [0.15, 0.2) is 29.1 Å². The standard InChI is InChI=1S/C23H29FN4O2/c1-2-6-21(29)28-12-10-20-18(15-28)23(30)26-22(25-20)17-8-5-11-27(14-17)13-16-7-3-4-9-19(16)24/h3-4,7,9,17H,2,5-6,8,10-15H2,1H3,(H,25,26,30)/t17-/m0/s1. The van der Waals surface area contributed by atoms with Crippen molar-refractivity contribution >= 4 is 5.91 Å². The Kier molecular flexibility index (Phi) is 6.27. The van der Waals surface area contributed by atoms with Gasteiger partial charge in [0.25, 0.3) is 5.56 Å². The van der Waals surface area contributed by atoms with Crippen LogP contribution in [0.2, 0.25) is 0 Å². The number of aromatic nitrogens is 2. The van der Waals surface area contributed by atoms with E-state index < -0.39 is 0 Å². The molecule has 0 saturated carbocycles. The SMILES string of the molecule is CCCC(=O)N1CCc2nc([C@H]3CCCN(Cc4ccccc4F)C3)[nH]c(=O)c2C1. The summed E-state index contributed by atoms with van der Waals surface area (Å²) in [5.74, 6) is 0.776. The first kappa shape index (κ1) is 20.7. The van der Waals surface area contributed by atoms with Crippen LogP contribution in [0.5, 0.6) is 0 Å². The number of carbonyl (C=O) groups excluding carboxylic acids is 1. The molecule has 0 radical (unpaired) electrons. The molecular weight excluding hydrogens is 383 g/mol. The molecule has 3 heterocycles. The first-order chi connectivity index (χ1) is 14.5. The van der Waals surface area contributed by atoms with Crippen LogP contribution in [-0.2, 0) is 24.3 Å². The summed E-state index contributed by atoms with van der Waals surface area (Å²) in [7, 11) is 0. The normalized spacial score (nSPS) is 19.5. The van der Waals surface area contributed by atoms with Gasteiger partial charge in [0.05, 0.1) is 17.8 Å². The van der Waals surface area contributed by atoms with Crippen molar-refractivity contribution in [3.63, 3.8) is 0 Å². The number of nitrogens with one attached hydrogen (secondary N) is 1. The van der Waals surface area contributed by atoms with Crippen LogP contribution >= 0.6 is 0 Å². The molecule has 0 aliphatic carbocycles. The van der Waals surface area contributed by atoms with Crippen molar-refractivity contribution in [3.8, 4) is 0 Å². The van der Waals surface area contributed by atoms with E-state index in [4.69, 9.17) is 4.98 Å². The van der Waals surface area contributed by atoms with Crippen molar-refractivity contribution in [3.05, 3.63) is 63.1 Å². The van der Waals surface area contributed by atoms with E-state index in [1.54, 1.807) is 11.0 Å². The van der Waals surface area contributed by atoms with Gasteiger partial charge in [-0.3, -0.25) is 14.5 Å². The van der Waals surface area contributed by atoms with Gasteiger partial charge in [-0.05, 0) is 31.9 Å². The summed E-state index contributed by atoms with van der Waals surface area (Å²) in [6.07, 6.45) is 3.88. The Labute approximate surface area is 176 Å². The second kappa shape index (κ2) is 9.08. The van der Waals surface area contributed by atoms with Gasteiger partial charge in [0.1, 0.15) is 11.6 Å². The maximum atomic E-state index is 14.0. The number of benzene rings is 1. The number of rotatable bonds is 5. The molecule has 7 heteroatoms. The van der Waals surface area contributed by atoms with Gasteiger partial charge in [-0.15, -0.1) is 0 Å². The fraction of sp³-hybridized carbons (Fsp3) is 0.522. The van der Waals surface area contributed by atoms with Crippen LogP contribution in [0.25, 0.3) is 0 Å². The third kappa shape index (κ3) is 4.46. The van der Waals surface area contributed by atoms with Gasteiger partial charge in [0.15, 0.2) is 0 Å². The molecule has 30 heavy (non-hydrogen) atoms. The minimum absolute atomic E-state index is 0.0997. The number of aromatic amines is 1. The number of fused-ring (bicyclic) bond motifs is 1. The zero-order chi connectivity index (χ0) is 21.1. The first-order valence-corrected chi connectivity index (χ1v) is 10.9. The summed E-state index contributed by atoms with van der Waals surface area (Å²) in [5, 5.41) is 0. The highest BCUT2D eigenvalue weighted by atomic mass is 19.1. The van der Waals surface area contributed by atoms with Gasteiger partial charge in [-0.2, -0.15) is 0 Å². The lowest BCUT2D eigenvalue weighted by atomic mass is 9.96. The van der Waals surface area contributed by atoms with E-state index >= 15 is 0 Å². The summed E-state index contributed by atoms with van der Waals surface area (Å²) in [4.78, 5) is 36.8. The van der Waals surface area contributed by atoms with Crippen molar-refractivity contribution in [1.82, 2.24) is 19.8 Å². The Morgan fingerprint density at radius 3 is 2.93 bits per heavy atom. The average Bonchev–Trinajstić information content (AvgIpc) is 2.75. The number of hydrogen-bond donors (Lipinski definition) is 1.